The van der Waals surface area contributed by atoms with E-state index in [1.165, 1.54) is 0 Å². The van der Waals surface area contributed by atoms with Gasteiger partial charge < -0.3 is 0 Å². The lowest BCUT2D eigenvalue weighted by Crippen LogP contribution is -2.31. The lowest BCUT2D eigenvalue weighted by Gasteiger charge is -2.18. The number of hydrogen-bond donors (Lipinski definition) is 2. The van der Waals surface area contributed by atoms with E-state index < -0.39 is 18.6 Å². The smallest absolute Gasteiger partial charge is 0.271 e. The number of nitrogens with one attached hydrogen (secondary N) is 1. The van der Waals surface area contributed by atoms with E-state index in [-0.39, 0.29) is 6.42 Å². The van der Waals surface area contributed by atoms with Crippen LogP contribution in [-0.4, -0.2) is 16.0 Å². The number of aryl methyl sites for hydroxylation is 1. The average molecular weight is 315 g/mol. The fourth-order valence-corrected chi connectivity index (χ4v) is 2.15. The van der Waals surface area contributed by atoms with Crippen molar-refractivity contribution in [2.45, 2.75) is 38.5 Å². The van der Waals surface area contributed by atoms with Gasteiger partial charge in [-0.1, -0.05) is 0 Å². The van der Waals surface area contributed by atoms with Gasteiger partial charge in [0.25, 0.3) is 0 Å². The van der Waals surface area contributed by atoms with Crippen molar-refractivity contribution in [1.29, 1.82) is 0 Å². The van der Waals surface area contributed by atoms with Crippen molar-refractivity contribution >= 4 is 15.9 Å². The van der Waals surface area contributed by atoms with E-state index >= 15 is 0 Å². The summed E-state index contributed by atoms with van der Waals surface area (Å²) in [4.78, 5) is 0. The van der Waals surface area contributed by atoms with Crippen LogP contribution in [0.5, 0.6) is 0 Å². The zero-order chi connectivity index (χ0) is 13.1. The van der Waals surface area contributed by atoms with E-state index in [1.54, 1.807) is 10.9 Å². The van der Waals surface area contributed by atoms with Crippen LogP contribution in [0, 0.1) is 0 Å². The average Bonchev–Trinajstić information content (AvgIpc) is 2.60. The molecule has 1 aromatic heterocycles. The van der Waals surface area contributed by atoms with Crippen LogP contribution in [0.2, 0.25) is 0 Å². The highest BCUT2D eigenvalue weighted by Gasteiger charge is 2.30. The second-order valence-electron chi connectivity index (χ2n) is 3.57. The van der Waals surface area contributed by atoms with Crippen molar-refractivity contribution in [2.24, 2.45) is 5.84 Å². The highest BCUT2D eigenvalue weighted by atomic mass is 79.9. The van der Waals surface area contributed by atoms with Crippen LogP contribution in [0.4, 0.5) is 13.2 Å². The number of nitrogens with zero attached hydrogens (tertiary/aromatic N) is 2. The maximum atomic E-state index is 12.2. The van der Waals surface area contributed by atoms with Gasteiger partial charge in [-0.15, -0.1) is 0 Å². The number of aromatic nitrogens is 2. The zero-order valence-corrected chi connectivity index (χ0v) is 10.8. The van der Waals surface area contributed by atoms with Crippen molar-refractivity contribution < 1.29 is 13.2 Å². The van der Waals surface area contributed by atoms with E-state index in [2.05, 4.69) is 26.5 Å². The summed E-state index contributed by atoms with van der Waals surface area (Å²) in [6.07, 6.45) is -3.64. The minimum absolute atomic E-state index is 0.121. The third-order valence-electron chi connectivity index (χ3n) is 2.38. The number of nitrogens with two attached hydrogens (primary N) is 1. The van der Waals surface area contributed by atoms with E-state index in [0.717, 1.165) is 0 Å². The molecule has 0 aliphatic carbocycles. The van der Waals surface area contributed by atoms with Gasteiger partial charge in [0.05, 0.1) is 22.4 Å². The first-order chi connectivity index (χ1) is 7.89. The molecule has 1 rings (SSSR count). The highest BCUT2D eigenvalue weighted by molar-refractivity contribution is 9.10. The van der Waals surface area contributed by atoms with Crippen LogP contribution in [0.25, 0.3) is 0 Å². The largest absolute Gasteiger partial charge is 0.389 e. The topological polar surface area (TPSA) is 55.9 Å². The van der Waals surface area contributed by atoms with Gasteiger partial charge in [-0.05, 0) is 29.3 Å². The fourth-order valence-electron chi connectivity index (χ4n) is 1.58. The summed E-state index contributed by atoms with van der Waals surface area (Å²) >= 11 is 3.26. The Balaban J connectivity index is 2.82. The van der Waals surface area contributed by atoms with Gasteiger partial charge in [0.1, 0.15) is 0 Å². The molecule has 1 atom stereocenters. The second kappa shape index (κ2) is 5.83. The molecule has 8 heteroatoms. The Bertz CT molecular complexity index is 364. The Hall–Kier alpha value is -0.600. The second-order valence-corrected chi connectivity index (χ2v) is 4.42. The number of hydrazine groups is 1. The van der Waals surface area contributed by atoms with Crippen molar-refractivity contribution in [3.63, 3.8) is 0 Å². The summed E-state index contributed by atoms with van der Waals surface area (Å²) in [5, 5.41) is 4.04. The molecule has 0 saturated heterocycles. The Kier molecular flexibility index (Phi) is 4.96. The van der Waals surface area contributed by atoms with Crippen molar-refractivity contribution in [1.82, 2.24) is 15.2 Å². The lowest BCUT2D eigenvalue weighted by atomic mass is 10.1. The minimum Gasteiger partial charge on any atom is -0.271 e. The Morgan fingerprint density at radius 3 is 2.71 bits per heavy atom. The quantitative estimate of drug-likeness (QED) is 0.648. The number of rotatable bonds is 5. The first-order valence-corrected chi connectivity index (χ1v) is 5.92. The van der Waals surface area contributed by atoms with E-state index in [0.29, 0.717) is 16.7 Å². The Morgan fingerprint density at radius 2 is 2.24 bits per heavy atom. The highest BCUT2D eigenvalue weighted by Crippen LogP contribution is 2.30. The third-order valence-corrected chi connectivity index (χ3v) is 2.99. The molecule has 0 aliphatic rings. The molecule has 0 aliphatic heterocycles. The monoisotopic (exact) mass is 314 g/mol. The van der Waals surface area contributed by atoms with Gasteiger partial charge in [0.2, 0.25) is 0 Å². The van der Waals surface area contributed by atoms with Crippen LogP contribution < -0.4 is 11.3 Å². The summed E-state index contributed by atoms with van der Waals surface area (Å²) in [7, 11) is 0. The molecule has 1 heterocycles. The normalized spacial score (nSPS) is 14.0. The summed E-state index contributed by atoms with van der Waals surface area (Å²) < 4.78 is 38.8. The van der Waals surface area contributed by atoms with Gasteiger partial charge in [-0.3, -0.25) is 16.0 Å². The number of halogens is 4. The van der Waals surface area contributed by atoms with Crippen LogP contribution in [-0.2, 0) is 6.54 Å². The first-order valence-electron chi connectivity index (χ1n) is 5.13. The molecule has 0 aromatic carbocycles. The van der Waals surface area contributed by atoms with Crippen molar-refractivity contribution in [3.05, 3.63) is 16.4 Å². The van der Waals surface area contributed by atoms with Gasteiger partial charge in [0, 0.05) is 13.0 Å². The molecule has 0 amide bonds. The zero-order valence-electron chi connectivity index (χ0n) is 9.26. The predicted molar refractivity (Wildman–Crippen MR) is 61.0 cm³/mol. The molecule has 0 spiro atoms. The third kappa shape index (κ3) is 3.97. The fraction of sp³-hybridized carbons (Fsp3) is 0.667. The lowest BCUT2D eigenvalue weighted by molar-refractivity contribution is -0.136. The van der Waals surface area contributed by atoms with Gasteiger partial charge in [0.15, 0.2) is 0 Å². The SMILES string of the molecule is CCn1ncc(Br)c1C(CCC(F)(F)F)NN. The summed E-state index contributed by atoms with van der Waals surface area (Å²) in [5.74, 6) is 5.31. The maximum Gasteiger partial charge on any atom is 0.389 e. The molecule has 3 N–H and O–H groups in total. The number of hydrogen-bond acceptors (Lipinski definition) is 3. The van der Waals surface area contributed by atoms with Crippen molar-refractivity contribution in [2.75, 3.05) is 0 Å². The van der Waals surface area contributed by atoms with E-state index in [4.69, 9.17) is 5.84 Å². The maximum absolute atomic E-state index is 12.2. The molecular formula is C9H14BrF3N4. The molecule has 4 nitrogen and oxygen atoms in total. The van der Waals surface area contributed by atoms with Gasteiger partial charge in [-0.2, -0.15) is 18.3 Å². The van der Waals surface area contributed by atoms with Crippen LogP contribution in [0.3, 0.4) is 0 Å². The summed E-state index contributed by atoms with van der Waals surface area (Å²) in [6, 6.07) is -0.576. The molecule has 0 saturated carbocycles. The standard InChI is InChI=1S/C9H14BrF3N4/c1-2-17-8(6(10)5-15-17)7(16-14)3-4-9(11,12)13/h5,7,16H,2-4,14H2,1H3. The summed E-state index contributed by atoms with van der Waals surface area (Å²) in [5.41, 5.74) is 3.04. The minimum atomic E-state index is -4.18. The molecule has 17 heavy (non-hydrogen) atoms. The molecular weight excluding hydrogens is 301 g/mol. The molecule has 1 aromatic rings. The van der Waals surface area contributed by atoms with E-state index in [1.807, 2.05) is 6.92 Å². The molecule has 0 fully saturated rings. The number of alkyl halides is 3. The van der Waals surface area contributed by atoms with Gasteiger partial charge >= 0.3 is 6.18 Å². The van der Waals surface area contributed by atoms with Crippen LogP contribution >= 0.6 is 15.9 Å². The Labute approximate surface area is 105 Å². The Morgan fingerprint density at radius 1 is 1.59 bits per heavy atom. The molecule has 1 unspecified atom stereocenters. The predicted octanol–water partition coefficient (Wildman–Crippen LogP) is 2.51. The molecule has 0 bridgehead atoms. The van der Waals surface area contributed by atoms with E-state index in [9.17, 15) is 13.2 Å². The van der Waals surface area contributed by atoms with Crippen molar-refractivity contribution in [3.8, 4) is 0 Å². The van der Waals surface area contributed by atoms with Crippen LogP contribution in [0.1, 0.15) is 31.5 Å². The summed E-state index contributed by atoms with van der Waals surface area (Å²) in [6.45, 7) is 2.44. The van der Waals surface area contributed by atoms with Crippen LogP contribution in [0.15, 0.2) is 10.7 Å². The molecule has 98 valence electrons. The van der Waals surface area contributed by atoms with Gasteiger partial charge in [-0.25, -0.2) is 0 Å². The molecule has 0 radical (unpaired) electrons. The first kappa shape index (κ1) is 14.5.